The first-order valence-electron chi connectivity index (χ1n) is 11.7. The van der Waals surface area contributed by atoms with Crippen LogP contribution in [0.5, 0.6) is 11.5 Å². The van der Waals surface area contributed by atoms with Gasteiger partial charge in [0.05, 0.1) is 43.2 Å². The second-order valence-corrected chi connectivity index (χ2v) is 8.82. The van der Waals surface area contributed by atoms with Gasteiger partial charge in [-0.15, -0.1) is 11.3 Å². The molecule has 0 radical (unpaired) electrons. The quantitative estimate of drug-likeness (QED) is 0.328. The smallest absolute Gasteiger partial charge is 0.145 e. The molecule has 0 saturated carbocycles. The number of hydrogen-bond donors (Lipinski definition) is 1. The number of nitrogens with zero attached hydrogens (tertiary/aromatic N) is 3. The molecule has 0 aliphatic carbocycles. The molecule has 7 nitrogen and oxygen atoms in total. The highest BCUT2D eigenvalue weighted by Crippen LogP contribution is 2.43. The van der Waals surface area contributed by atoms with Crippen molar-refractivity contribution in [2.75, 3.05) is 49.7 Å². The summed E-state index contributed by atoms with van der Waals surface area (Å²) in [4.78, 5) is 12.1. The Morgan fingerprint density at radius 3 is 2.51 bits per heavy atom. The van der Waals surface area contributed by atoms with Crippen LogP contribution in [0.1, 0.15) is 13.8 Å². The average Bonchev–Trinajstić information content (AvgIpc) is 3.32. The van der Waals surface area contributed by atoms with Gasteiger partial charge in [-0.3, -0.25) is 0 Å². The lowest BCUT2D eigenvalue weighted by Crippen LogP contribution is -2.36. The summed E-state index contributed by atoms with van der Waals surface area (Å²) in [6.07, 6.45) is 1.54. The van der Waals surface area contributed by atoms with Crippen molar-refractivity contribution in [1.29, 1.82) is 0 Å². The van der Waals surface area contributed by atoms with Crippen LogP contribution in [0.15, 0.2) is 48.1 Å². The monoisotopic (exact) mass is 494 g/mol. The van der Waals surface area contributed by atoms with Crippen molar-refractivity contribution in [1.82, 2.24) is 9.97 Å². The van der Waals surface area contributed by atoms with Gasteiger partial charge in [0.15, 0.2) is 0 Å². The Labute approximate surface area is 207 Å². The Morgan fingerprint density at radius 1 is 1.03 bits per heavy atom. The number of halogens is 1. The Bertz CT molecular complexity index is 1310. The molecule has 35 heavy (non-hydrogen) atoms. The molecule has 0 atom stereocenters. The van der Waals surface area contributed by atoms with Crippen LogP contribution in [0.25, 0.3) is 21.3 Å². The molecular formula is C26H27FN4O3S. The summed E-state index contributed by atoms with van der Waals surface area (Å²) in [7, 11) is 0. The van der Waals surface area contributed by atoms with Crippen molar-refractivity contribution in [2.45, 2.75) is 13.8 Å². The van der Waals surface area contributed by atoms with Crippen LogP contribution < -0.4 is 19.7 Å². The number of ether oxygens (including phenoxy) is 3. The van der Waals surface area contributed by atoms with Crippen molar-refractivity contribution in [2.24, 2.45) is 0 Å². The third-order valence-electron chi connectivity index (χ3n) is 5.79. The summed E-state index contributed by atoms with van der Waals surface area (Å²) in [6.45, 7) is 7.94. The molecule has 0 unspecified atom stereocenters. The van der Waals surface area contributed by atoms with Crippen LogP contribution in [-0.2, 0) is 4.74 Å². The lowest BCUT2D eigenvalue weighted by molar-refractivity contribution is 0.122. The van der Waals surface area contributed by atoms with E-state index in [0.717, 1.165) is 51.6 Å². The molecule has 1 aliphatic rings. The number of anilines is 3. The zero-order valence-corrected chi connectivity index (χ0v) is 20.5. The minimum Gasteiger partial charge on any atom is -0.492 e. The number of thiophene rings is 1. The molecule has 1 saturated heterocycles. The fourth-order valence-corrected chi connectivity index (χ4v) is 5.10. The minimum atomic E-state index is -0.270. The molecule has 5 rings (SSSR count). The first kappa shape index (κ1) is 23.3. The van der Waals surface area contributed by atoms with E-state index in [1.165, 1.54) is 23.5 Å². The van der Waals surface area contributed by atoms with Gasteiger partial charge in [0.2, 0.25) is 0 Å². The van der Waals surface area contributed by atoms with Gasteiger partial charge in [0.1, 0.15) is 34.3 Å². The Hall–Kier alpha value is -3.43. The highest BCUT2D eigenvalue weighted by Gasteiger charge is 2.21. The molecule has 0 amide bonds. The zero-order valence-electron chi connectivity index (χ0n) is 19.7. The van der Waals surface area contributed by atoms with Crippen molar-refractivity contribution >= 4 is 38.7 Å². The molecule has 1 N–H and O–H groups in total. The predicted molar refractivity (Wildman–Crippen MR) is 138 cm³/mol. The number of fused-ring (bicyclic) bond motifs is 1. The van der Waals surface area contributed by atoms with Gasteiger partial charge in [0, 0.05) is 36.2 Å². The molecule has 2 aromatic heterocycles. The Balaban J connectivity index is 1.58. The standard InChI is InChI=1S/C26H27FN4O3S/c1-3-33-22-14-21(31-9-11-32-12-10-31)23(34-4-2)13-20(22)30-25-24-19(15-35-26(24)29-16-28-25)17-5-7-18(27)8-6-17/h5-8,13-16H,3-4,9-12H2,1-2H3,(H,28,29,30). The highest BCUT2D eigenvalue weighted by molar-refractivity contribution is 7.17. The maximum Gasteiger partial charge on any atom is 0.145 e. The lowest BCUT2D eigenvalue weighted by Gasteiger charge is -2.31. The van der Waals surface area contributed by atoms with E-state index in [1.807, 2.05) is 31.4 Å². The van der Waals surface area contributed by atoms with Crippen LogP contribution in [-0.4, -0.2) is 49.5 Å². The topological polar surface area (TPSA) is 68.7 Å². The minimum absolute atomic E-state index is 0.270. The van der Waals surface area contributed by atoms with Gasteiger partial charge in [-0.2, -0.15) is 0 Å². The predicted octanol–water partition coefficient (Wildman–Crippen LogP) is 5.88. The van der Waals surface area contributed by atoms with Crippen LogP contribution in [0.3, 0.4) is 0 Å². The first-order valence-corrected chi connectivity index (χ1v) is 12.6. The molecule has 0 bridgehead atoms. The third kappa shape index (κ3) is 4.87. The summed E-state index contributed by atoms with van der Waals surface area (Å²) in [5, 5.41) is 6.37. The molecule has 0 spiro atoms. The third-order valence-corrected chi connectivity index (χ3v) is 6.68. The van der Waals surface area contributed by atoms with Gasteiger partial charge in [-0.05, 0) is 31.5 Å². The van der Waals surface area contributed by atoms with E-state index in [2.05, 4.69) is 20.2 Å². The van der Waals surface area contributed by atoms with E-state index in [-0.39, 0.29) is 5.82 Å². The molecule has 4 aromatic rings. The second kappa shape index (κ2) is 10.5. The summed E-state index contributed by atoms with van der Waals surface area (Å²) in [6, 6.07) is 10.4. The van der Waals surface area contributed by atoms with Crippen molar-refractivity contribution in [3.05, 3.63) is 53.9 Å². The number of morpholine rings is 1. The van der Waals surface area contributed by atoms with Crippen LogP contribution in [0.2, 0.25) is 0 Å². The summed E-state index contributed by atoms with van der Waals surface area (Å²) >= 11 is 1.53. The van der Waals surface area contributed by atoms with Crippen molar-refractivity contribution in [3.63, 3.8) is 0 Å². The van der Waals surface area contributed by atoms with Gasteiger partial charge in [-0.1, -0.05) is 12.1 Å². The van der Waals surface area contributed by atoms with Gasteiger partial charge in [0.25, 0.3) is 0 Å². The normalized spacial score (nSPS) is 13.7. The molecule has 3 heterocycles. The molecule has 9 heteroatoms. The lowest BCUT2D eigenvalue weighted by atomic mass is 10.1. The average molecular weight is 495 g/mol. The number of nitrogens with one attached hydrogen (secondary N) is 1. The van der Waals surface area contributed by atoms with E-state index >= 15 is 0 Å². The maximum atomic E-state index is 13.5. The van der Waals surface area contributed by atoms with E-state index in [9.17, 15) is 4.39 Å². The largest absolute Gasteiger partial charge is 0.492 e. The molecule has 1 aliphatic heterocycles. The zero-order chi connectivity index (χ0) is 24.2. The molecule has 1 fully saturated rings. The van der Waals surface area contributed by atoms with Crippen molar-refractivity contribution < 1.29 is 18.6 Å². The fourth-order valence-electron chi connectivity index (χ4n) is 4.18. The molecule has 2 aromatic carbocycles. The van der Waals surface area contributed by atoms with Gasteiger partial charge in [-0.25, -0.2) is 14.4 Å². The summed E-state index contributed by atoms with van der Waals surface area (Å²) in [5.41, 5.74) is 3.59. The van der Waals surface area contributed by atoms with Crippen LogP contribution >= 0.6 is 11.3 Å². The first-order chi connectivity index (χ1) is 17.2. The Morgan fingerprint density at radius 2 is 1.77 bits per heavy atom. The van der Waals surface area contributed by atoms with E-state index < -0.39 is 0 Å². The highest BCUT2D eigenvalue weighted by atomic mass is 32.1. The Kier molecular flexibility index (Phi) is 6.96. The second-order valence-electron chi connectivity index (χ2n) is 7.97. The van der Waals surface area contributed by atoms with Crippen molar-refractivity contribution in [3.8, 4) is 22.6 Å². The van der Waals surface area contributed by atoms with Crippen LogP contribution in [0, 0.1) is 5.82 Å². The SMILES string of the molecule is CCOc1cc(N2CCOCC2)c(OCC)cc1Nc1ncnc2scc(-c3ccc(F)cc3)c12. The number of rotatable bonds is 8. The number of hydrogen-bond acceptors (Lipinski definition) is 8. The van der Waals surface area contributed by atoms with Gasteiger partial charge >= 0.3 is 0 Å². The fraction of sp³-hybridized carbons (Fsp3) is 0.308. The van der Waals surface area contributed by atoms with E-state index in [0.29, 0.717) is 38.0 Å². The van der Waals surface area contributed by atoms with Gasteiger partial charge < -0.3 is 24.4 Å². The molecule has 182 valence electrons. The maximum absolute atomic E-state index is 13.5. The summed E-state index contributed by atoms with van der Waals surface area (Å²) in [5.74, 6) is 1.86. The summed E-state index contributed by atoms with van der Waals surface area (Å²) < 4.78 is 31.1. The van der Waals surface area contributed by atoms with E-state index in [1.54, 1.807) is 18.5 Å². The number of benzene rings is 2. The number of aromatic nitrogens is 2. The van der Waals surface area contributed by atoms with Crippen LogP contribution in [0.4, 0.5) is 21.6 Å². The molecular weight excluding hydrogens is 467 g/mol. The van der Waals surface area contributed by atoms with E-state index in [4.69, 9.17) is 14.2 Å².